The molecule has 0 unspecified atom stereocenters. The third kappa shape index (κ3) is 22.2. The summed E-state index contributed by atoms with van der Waals surface area (Å²) in [7, 11) is -4.43. The van der Waals surface area contributed by atoms with E-state index in [1.807, 2.05) is 0 Å². The van der Waals surface area contributed by atoms with E-state index >= 15 is 0 Å². The Balaban J connectivity index is 2.79. The molecule has 0 N–H and O–H groups in total. The van der Waals surface area contributed by atoms with Gasteiger partial charge in [0, 0.05) is 37.0 Å². The highest BCUT2D eigenvalue weighted by molar-refractivity contribution is 7.63. The van der Waals surface area contributed by atoms with Crippen LogP contribution in [-0.4, -0.2) is 24.6 Å². The quantitative estimate of drug-likeness (QED) is 0.0574. The van der Waals surface area contributed by atoms with Crippen molar-refractivity contribution in [2.75, 3.05) is 24.6 Å². The van der Waals surface area contributed by atoms with Crippen molar-refractivity contribution in [1.29, 1.82) is 0 Å². The Kier molecular flexibility index (Phi) is 26.3. The molecule has 0 saturated carbocycles. The Morgan fingerprint density at radius 3 is 0.773 bits per heavy atom. The second kappa shape index (κ2) is 27.8. The van der Waals surface area contributed by atoms with E-state index in [0.29, 0.717) is 0 Å². The molecule has 4 heteroatoms. The van der Waals surface area contributed by atoms with E-state index in [1.165, 1.54) is 140 Å². The summed E-state index contributed by atoms with van der Waals surface area (Å²) in [6.45, 7) is 9.07. The number of hydrogen-bond donors (Lipinski definition) is 0. The predicted molar refractivity (Wildman–Crippen MR) is 202 cm³/mol. The van der Waals surface area contributed by atoms with Gasteiger partial charge in [0.2, 0.25) is 0 Å². The summed E-state index contributed by atoms with van der Waals surface area (Å²) in [4.78, 5) is 0. The van der Waals surface area contributed by atoms with E-state index in [-0.39, 0.29) is 0 Å². The van der Waals surface area contributed by atoms with Crippen molar-refractivity contribution in [3.05, 3.63) is 35.4 Å². The Hall–Kier alpha value is -0.320. The number of hydrogen-bond acceptors (Lipinski definition) is 2. The molecule has 0 heterocycles. The number of rotatable bonds is 32. The molecule has 44 heavy (non-hydrogen) atoms. The molecule has 0 aliphatic rings. The molecule has 0 amide bonds. The Morgan fingerprint density at radius 1 is 0.341 bits per heavy atom. The molecule has 0 fully saturated rings. The largest absolute Gasteiger partial charge is 0.323 e. The second-order valence-electron chi connectivity index (χ2n) is 14.2. The van der Waals surface area contributed by atoms with Crippen LogP contribution in [0.15, 0.2) is 24.3 Å². The summed E-state index contributed by atoms with van der Waals surface area (Å²) in [5.41, 5.74) is 2.46. The topological polar surface area (TPSA) is 34.1 Å². The first kappa shape index (κ1) is 41.7. The molecule has 0 spiro atoms. The molecule has 0 radical (unpaired) electrons. The van der Waals surface area contributed by atoms with Crippen LogP contribution in [0.4, 0.5) is 0 Å². The zero-order chi connectivity index (χ0) is 32.2. The maximum Gasteiger partial charge on any atom is 0.0919 e. The lowest BCUT2D eigenvalue weighted by Gasteiger charge is -2.20. The van der Waals surface area contributed by atoms with Crippen LogP contribution in [0.2, 0.25) is 0 Å². The Bertz CT molecular complexity index is 752. The summed E-state index contributed by atoms with van der Waals surface area (Å²) in [5.74, 6) is 0. The fraction of sp³-hybridized carbons (Fsp3) is 0.850. The lowest BCUT2D eigenvalue weighted by molar-refractivity contribution is 0.559. The van der Waals surface area contributed by atoms with E-state index < -0.39 is 14.3 Å². The zero-order valence-electron chi connectivity index (χ0n) is 30.2. The van der Waals surface area contributed by atoms with Gasteiger partial charge >= 0.3 is 0 Å². The van der Waals surface area contributed by atoms with Crippen LogP contribution in [-0.2, 0) is 21.5 Å². The lowest BCUT2D eigenvalue weighted by atomic mass is 10.1. The van der Waals surface area contributed by atoms with Gasteiger partial charge in [-0.2, -0.15) is 0 Å². The molecule has 0 atom stereocenters. The van der Waals surface area contributed by atoms with Crippen molar-refractivity contribution in [1.82, 2.24) is 0 Å². The van der Waals surface area contributed by atoms with E-state index in [0.717, 1.165) is 62.7 Å². The lowest BCUT2D eigenvalue weighted by Crippen LogP contribution is -2.02. The maximum atomic E-state index is 14.3. The first-order chi connectivity index (χ1) is 21.4. The second-order valence-corrected chi connectivity index (χ2v) is 20.9. The molecule has 0 aliphatic heterocycles. The minimum Gasteiger partial charge on any atom is -0.323 e. The summed E-state index contributed by atoms with van der Waals surface area (Å²) in [6.07, 6.45) is 35.4. The van der Waals surface area contributed by atoms with E-state index in [2.05, 4.69) is 52.0 Å². The van der Waals surface area contributed by atoms with Crippen molar-refractivity contribution in [3.63, 3.8) is 0 Å². The molecule has 258 valence electrons. The third-order valence-corrected chi connectivity index (χ3v) is 16.0. The smallest absolute Gasteiger partial charge is 0.0919 e. The summed E-state index contributed by atoms with van der Waals surface area (Å²) in [5, 5.41) is 0. The summed E-state index contributed by atoms with van der Waals surface area (Å²) in [6, 6.07) is 8.91. The molecular formula is C40H76O2P2. The third-order valence-electron chi connectivity index (χ3n) is 9.64. The van der Waals surface area contributed by atoms with E-state index in [1.54, 1.807) is 0 Å². The molecule has 0 saturated heterocycles. The SMILES string of the molecule is CCCCCCCCP(=O)(CCCCCCCC)Cc1ccc(CP(=O)(CCCCCCCC)CCCCCCCC)cc1. The van der Waals surface area contributed by atoms with E-state index in [9.17, 15) is 9.13 Å². The van der Waals surface area contributed by atoms with Gasteiger partial charge in [0.25, 0.3) is 0 Å². The highest BCUT2D eigenvalue weighted by atomic mass is 31.2. The van der Waals surface area contributed by atoms with Crippen molar-refractivity contribution in [2.24, 2.45) is 0 Å². The van der Waals surface area contributed by atoms with Gasteiger partial charge in [0.05, 0.1) is 14.3 Å². The molecule has 0 aromatic heterocycles. The van der Waals surface area contributed by atoms with Gasteiger partial charge in [0.1, 0.15) is 0 Å². The van der Waals surface area contributed by atoms with Crippen LogP contribution in [0, 0.1) is 0 Å². The first-order valence-electron chi connectivity index (χ1n) is 19.6. The minimum atomic E-state index is -2.22. The minimum absolute atomic E-state index is 0.754. The molecule has 1 aromatic carbocycles. The number of unbranched alkanes of at least 4 members (excludes halogenated alkanes) is 20. The van der Waals surface area contributed by atoms with E-state index in [4.69, 9.17) is 0 Å². The molecule has 1 rings (SSSR count). The standard InChI is InChI=1S/C40H76O2P2/c1-5-9-13-17-21-25-33-43(41,34-26-22-18-14-10-6-2)37-39-29-31-40(32-30-39)38-44(42,35-27-23-19-15-11-7-3)36-28-24-20-16-12-8-4/h29-32H,5-28,33-38H2,1-4H3. The highest BCUT2D eigenvalue weighted by Gasteiger charge is 2.24. The first-order valence-corrected chi connectivity index (χ1v) is 24.1. The van der Waals surface area contributed by atoms with Crippen LogP contribution in [0.5, 0.6) is 0 Å². The van der Waals surface area contributed by atoms with Gasteiger partial charge in [-0.1, -0.05) is 180 Å². The zero-order valence-corrected chi connectivity index (χ0v) is 32.0. The van der Waals surface area contributed by atoms with Crippen LogP contribution < -0.4 is 0 Å². The van der Waals surface area contributed by atoms with Gasteiger partial charge < -0.3 is 9.13 Å². The fourth-order valence-electron chi connectivity index (χ4n) is 6.68. The molecule has 2 nitrogen and oxygen atoms in total. The highest BCUT2D eigenvalue weighted by Crippen LogP contribution is 2.52. The fourth-order valence-corrected chi connectivity index (χ4v) is 12.7. The van der Waals surface area contributed by atoms with Crippen LogP contribution in [0.25, 0.3) is 0 Å². The Morgan fingerprint density at radius 2 is 0.545 bits per heavy atom. The Labute approximate surface area is 276 Å². The summed E-state index contributed by atoms with van der Waals surface area (Å²) < 4.78 is 28.5. The van der Waals surface area contributed by atoms with Gasteiger partial charge in [-0.3, -0.25) is 0 Å². The van der Waals surface area contributed by atoms with Crippen LogP contribution in [0.1, 0.15) is 193 Å². The van der Waals surface area contributed by atoms with Crippen molar-refractivity contribution in [3.8, 4) is 0 Å². The van der Waals surface area contributed by atoms with Gasteiger partial charge in [-0.05, 0) is 36.8 Å². The summed E-state index contributed by atoms with van der Waals surface area (Å²) >= 11 is 0. The van der Waals surface area contributed by atoms with Gasteiger partial charge in [-0.25, -0.2) is 0 Å². The van der Waals surface area contributed by atoms with Gasteiger partial charge in [-0.15, -0.1) is 0 Å². The predicted octanol–water partition coefficient (Wildman–Crippen LogP) is 14.9. The van der Waals surface area contributed by atoms with Crippen LogP contribution in [0.3, 0.4) is 0 Å². The normalized spacial score (nSPS) is 12.3. The average molecular weight is 651 g/mol. The maximum absolute atomic E-state index is 14.3. The molecular weight excluding hydrogens is 574 g/mol. The van der Waals surface area contributed by atoms with Crippen LogP contribution >= 0.6 is 14.3 Å². The number of benzene rings is 1. The van der Waals surface area contributed by atoms with Gasteiger partial charge in [0.15, 0.2) is 0 Å². The average Bonchev–Trinajstić information content (AvgIpc) is 3.01. The monoisotopic (exact) mass is 651 g/mol. The molecule has 1 aromatic rings. The van der Waals surface area contributed by atoms with Crippen molar-refractivity contribution in [2.45, 2.75) is 194 Å². The molecule has 0 aliphatic carbocycles. The molecule has 0 bridgehead atoms. The van der Waals surface area contributed by atoms with Crippen molar-refractivity contribution >= 4 is 14.3 Å². The van der Waals surface area contributed by atoms with Crippen molar-refractivity contribution < 1.29 is 9.13 Å².